The summed E-state index contributed by atoms with van der Waals surface area (Å²) in [4.78, 5) is 37.0. The van der Waals surface area contributed by atoms with E-state index >= 15 is 0 Å². The number of halogens is 1. The molecule has 0 aromatic heterocycles. The maximum Gasteiger partial charge on any atom is 0.308 e. The molecular weight excluding hydrogens is 279 g/mol. The van der Waals surface area contributed by atoms with Gasteiger partial charge >= 0.3 is 5.97 Å². The second-order valence-corrected chi connectivity index (χ2v) is 4.59. The molecule has 1 fully saturated rings. The number of amides is 2. The average Bonchev–Trinajstić information content (AvgIpc) is 2.49. The van der Waals surface area contributed by atoms with E-state index in [-0.39, 0.29) is 18.5 Å². The molecule has 1 heterocycles. The first-order chi connectivity index (χ1) is 10.0. The van der Waals surface area contributed by atoms with Gasteiger partial charge in [0.05, 0.1) is 13.5 Å². The van der Waals surface area contributed by atoms with Crippen LogP contribution in [0.5, 0.6) is 0 Å². The minimum atomic E-state index is -0.913. The van der Waals surface area contributed by atoms with Crippen LogP contribution < -0.4 is 5.32 Å². The van der Waals surface area contributed by atoms with E-state index in [1.54, 1.807) is 0 Å². The van der Waals surface area contributed by atoms with Gasteiger partial charge in [0, 0.05) is 18.7 Å². The minimum absolute atomic E-state index is 0.213. The summed E-state index contributed by atoms with van der Waals surface area (Å²) < 4.78 is 17.4. The molecule has 0 unspecified atom stereocenters. The van der Waals surface area contributed by atoms with E-state index < -0.39 is 29.6 Å². The number of carbonyl (C=O) groups is 3. The fourth-order valence-electron chi connectivity index (χ4n) is 2.16. The zero-order valence-corrected chi connectivity index (χ0v) is 11.5. The molecule has 1 saturated heterocycles. The van der Waals surface area contributed by atoms with Gasteiger partial charge in [0.1, 0.15) is 11.9 Å². The van der Waals surface area contributed by atoms with E-state index in [0.29, 0.717) is 6.54 Å². The highest BCUT2D eigenvalue weighted by Gasteiger charge is 2.35. The molecule has 1 aliphatic rings. The number of methoxy groups -OCH3 is 1. The fraction of sp³-hybridized carbons (Fsp3) is 0.357. The zero-order chi connectivity index (χ0) is 15.4. The Kier molecular flexibility index (Phi) is 4.52. The first kappa shape index (κ1) is 15.0. The topological polar surface area (TPSA) is 75.7 Å². The van der Waals surface area contributed by atoms with Crippen LogP contribution in [0.25, 0.3) is 0 Å². The second kappa shape index (κ2) is 6.34. The van der Waals surface area contributed by atoms with Crippen LogP contribution in [-0.4, -0.2) is 48.9 Å². The molecule has 1 N–H and O–H groups in total. The molecule has 21 heavy (non-hydrogen) atoms. The van der Waals surface area contributed by atoms with Crippen LogP contribution in [0.4, 0.5) is 4.39 Å². The molecule has 0 bridgehead atoms. The third kappa shape index (κ3) is 3.36. The van der Waals surface area contributed by atoms with Crippen molar-refractivity contribution in [1.82, 2.24) is 10.2 Å². The van der Waals surface area contributed by atoms with Gasteiger partial charge < -0.3 is 15.0 Å². The molecule has 6 nitrogen and oxygen atoms in total. The summed E-state index contributed by atoms with van der Waals surface area (Å²) in [7, 11) is 1.22. The van der Waals surface area contributed by atoms with Gasteiger partial charge in [0.2, 0.25) is 5.91 Å². The second-order valence-electron chi connectivity index (χ2n) is 4.59. The normalized spacial score (nSPS) is 18.1. The van der Waals surface area contributed by atoms with Crippen LogP contribution in [0.1, 0.15) is 16.8 Å². The summed E-state index contributed by atoms with van der Waals surface area (Å²) in [5, 5.41) is 2.61. The van der Waals surface area contributed by atoms with Crippen LogP contribution in [0.2, 0.25) is 0 Å². The standard InChI is InChI=1S/C14H15FN2O4/c1-21-12(18)8-11-13(19)16-6-7-17(11)14(20)9-2-4-10(15)5-3-9/h2-5,11H,6-8H2,1H3,(H,16,19)/t11-/m0/s1. The van der Waals surface area contributed by atoms with Crippen molar-refractivity contribution in [3.05, 3.63) is 35.6 Å². The molecule has 2 rings (SSSR count). The Labute approximate surface area is 120 Å². The smallest absolute Gasteiger partial charge is 0.308 e. The third-order valence-corrected chi connectivity index (χ3v) is 3.27. The number of benzene rings is 1. The van der Waals surface area contributed by atoms with Crippen LogP contribution in [0, 0.1) is 5.82 Å². The summed E-state index contributed by atoms with van der Waals surface area (Å²) in [5.74, 6) is -1.84. The van der Waals surface area contributed by atoms with E-state index in [4.69, 9.17) is 0 Å². The first-order valence-corrected chi connectivity index (χ1v) is 6.44. The molecule has 1 aliphatic heterocycles. The zero-order valence-electron chi connectivity index (χ0n) is 11.5. The molecular formula is C14H15FN2O4. The fourth-order valence-corrected chi connectivity index (χ4v) is 2.16. The predicted octanol–water partition coefficient (Wildman–Crippen LogP) is 0.329. The van der Waals surface area contributed by atoms with Crippen LogP contribution in [-0.2, 0) is 14.3 Å². The Morgan fingerprint density at radius 3 is 2.67 bits per heavy atom. The van der Waals surface area contributed by atoms with Gasteiger partial charge in [-0.25, -0.2) is 4.39 Å². The molecule has 7 heteroatoms. The number of hydrogen-bond acceptors (Lipinski definition) is 4. The average molecular weight is 294 g/mol. The van der Waals surface area contributed by atoms with E-state index in [2.05, 4.69) is 10.1 Å². The summed E-state index contributed by atoms with van der Waals surface area (Å²) in [6, 6.07) is 4.13. The van der Waals surface area contributed by atoms with E-state index in [1.165, 1.54) is 36.3 Å². The molecule has 0 spiro atoms. The highest BCUT2D eigenvalue weighted by Crippen LogP contribution is 2.15. The van der Waals surface area contributed by atoms with Crippen molar-refractivity contribution >= 4 is 17.8 Å². The molecule has 112 valence electrons. The van der Waals surface area contributed by atoms with Crippen LogP contribution in [0.15, 0.2) is 24.3 Å². The summed E-state index contributed by atoms with van der Waals surface area (Å²) in [6.07, 6.45) is -0.213. The van der Waals surface area contributed by atoms with Gasteiger partial charge in [-0.3, -0.25) is 14.4 Å². The molecule has 0 aliphatic carbocycles. The van der Waals surface area contributed by atoms with Crippen LogP contribution in [0.3, 0.4) is 0 Å². The van der Waals surface area contributed by atoms with Gasteiger partial charge in [-0.05, 0) is 24.3 Å². The van der Waals surface area contributed by atoms with Crippen molar-refractivity contribution < 1.29 is 23.5 Å². The maximum atomic E-state index is 12.9. The summed E-state index contributed by atoms with van der Waals surface area (Å²) in [6.45, 7) is 0.590. The summed E-state index contributed by atoms with van der Waals surface area (Å²) >= 11 is 0. The highest BCUT2D eigenvalue weighted by molar-refractivity contribution is 5.99. The lowest BCUT2D eigenvalue weighted by atomic mass is 10.1. The van der Waals surface area contributed by atoms with Crippen molar-refractivity contribution in [2.45, 2.75) is 12.5 Å². The molecule has 0 saturated carbocycles. The number of nitrogens with one attached hydrogen (secondary N) is 1. The Morgan fingerprint density at radius 2 is 2.05 bits per heavy atom. The lowest BCUT2D eigenvalue weighted by molar-refractivity contribution is -0.145. The molecule has 1 aromatic carbocycles. The van der Waals surface area contributed by atoms with Gasteiger partial charge in [-0.15, -0.1) is 0 Å². The number of carbonyl (C=O) groups excluding carboxylic acids is 3. The van der Waals surface area contributed by atoms with Crippen LogP contribution >= 0.6 is 0 Å². The molecule has 1 atom stereocenters. The van der Waals surface area contributed by atoms with Gasteiger partial charge in [-0.1, -0.05) is 0 Å². The first-order valence-electron chi connectivity index (χ1n) is 6.44. The van der Waals surface area contributed by atoms with Crippen molar-refractivity contribution in [3.8, 4) is 0 Å². The van der Waals surface area contributed by atoms with Gasteiger partial charge in [-0.2, -0.15) is 0 Å². The lowest BCUT2D eigenvalue weighted by Crippen LogP contribution is -2.57. The maximum absolute atomic E-state index is 12.9. The minimum Gasteiger partial charge on any atom is -0.469 e. The van der Waals surface area contributed by atoms with E-state index in [1.807, 2.05) is 0 Å². The van der Waals surface area contributed by atoms with Gasteiger partial charge in [0.15, 0.2) is 0 Å². The number of piperazine rings is 1. The van der Waals surface area contributed by atoms with Crippen molar-refractivity contribution in [2.75, 3.05) is 20.2 Å². The Morgan fingerprint density at radius 1 is 1.38 bits per heavy atom. The molecule has 2 amide bonds. The quantitative estimate of drug-likeness (QED) is 0.815. The third-order valence-electron chi connectivity index (χ3n) is 3.27. The van der Waals surface area contributed by atoms with Crippen molar-refractivity contribution in [1.29, 1.82) is 0 Å². The highest BCUT2D eigenvalue weighted by atomic mass is 19.1. The number of rotatable bonds is 3. The summed E-state index contributed by atoms with van der Waals surface area (Å²) in [5.41, 5.74) is 0.265. The molecule has 0 radical (unpaired) electrons. The monoisotopic (exact) mass is 294 g/mol. The SMILES string of the molecule is COC(=O)C[C@H]1C(=O)NCCN1C(=O)c1ccc(F)cc1. The lowest BCUT2D eigenvalue weighted by Gasteiger charge is -2.34. The largest absolute Gasteiger partial charge is 0.469 e. The molecule has 1 aromatic rings. The Balaban J connectivity index is 2.21. The number of esters is 1. The van der Waals surface area contributed by atoms with Crippen molar-refractivity contribution in [2.24, 2.45) is 0 Å². The van der Waals surface area contributed by atoms with Crippen molar-refractivity contribution in [3.63, 3.8) is 0 Å². The number of nitrogens with zero attached hydrogens (tertiary/aromatic N) is 1. The van der Waals surface area contributed by atoms with Gasteiger partial charge in [0.25, 0.3) is 5.91 Å². The van der Waals surface area contributed by atoms with E-state index in [9.17, 15) is 18.8 Å². The Hall–Kier alpha value is -2.44. The predicted molar refractivity (Wildman–Crippen MR) is 70.9 cm³/mol. The Bertz CT molecular complexity index is 559. The number of hydrogen-bond donors (Lipinski definition) is 1. The van der Waals surface area contributed by atoms with E-state index in [0.717, 1.165) is 0 Å². The number of ether oxygens (including phenoxy) is 1.